The summed E-state index contributed by atoms with van der Waals surface area (Å²) in [5.74, 6) is -0.765. The largest absolute Gasteiger partial charge is 0.416 e. The van der Waals surface area contributed by atoms with Gasteiger partial charge in [-0.1, -0.05) is 35.6 Å². The zero-order valence-electron chi connectivity index (χ0n) is 16.0. The molecule has 0 saturated heterocycles. The van der Waals surface area contributed by atoms with Crippen LogP contribution in [0.25, 0.3) is 5.57 Å². The van der Waals surface area contributed by atoms with E-state index < -0.39 is 23.7 Å². The van der Waals surface area contributed by atoms with E-state index in [1.165, 1.54) is 18.2 Å². The summed E-state index contributed by atoms with van der Waals surface area (Å²) in [4.78, 5) is 30.2. The first-order chi connectivity index (χ1) is 14.1. The number of carbonyl (C=O) groups is 2. The number of likely N-dealkylation sites (N-methyl/N-ethyl adjacent to an activating group) is 1. The fraction of sp³-hybridized carbons (Fsp3) is 0.316. The summed E-state index contributed by atoms with van der Waals surface area (Å²) in [5, 5.41) is 2.81. The second-order valence-corrected chi connectivity index (χ2v) is 7.62. The van der Waals surface area contributed by atoms with E-state index in [4.69, 9.17) is 10.5 Å². The molecule has 1 aliphatic rings. The number of ether oxygens (including phenoxy) is 1. The lowest BCUT2D eigenvalue weighted by molar-refractivity contribution is -0.138. The van der Waals surface area contributed by atoms with E-state index in [0.29, 0.717) is 18.0 Å². The topological polar surface area (TPSA) is 97.6 Å². The molecule has 0 unspecified atom stereocenters. The van der Waals surface area contributed by atoms with Crippen LogP contribution in [0.3, 0.4) is 0 Å². The van der Waals surface area contributed by atoms with Gasteiger partial charge in [0.15, 0.2) is 5.69 Å². The van der Waals surface area contributed by atoms with Crippen molar-refractivity contribution in [2.24, 2.45) is 5.73 Å². The maximum absolute atomic E-state index is 13.1. The zero-order valence-corrected chi connectivity index (χ0v) is 16.8. The molecule has 1 aromatic heterocycles. The second-order valence-electron chi connectivity index (χ2n) is 6.66. The molecule has 0 atom stereocenters. The van der Waals surface area contributed by atoms with Crippen molar-refractivity contribution >= 4 is 28.9 Å². The number of nitrogens with zero attached hydrogens (tertiary/aromatic N) is 2. The predicted molar refractivity (Wildman–Crippen MR) is 105 cm³/mol. The van der Waals surface area contributed by atoms with E-state index >= 15 is 0 Å². The van der Waals surface area contributed by atoms with Gasteiger partial charge in [-0.15, -0.1) is 0 Å². The van der Waals surface area contributed by atoms with Crippen LogP contribution in [0.5, 0.6) is 5.06 Å². The minimum Gasteiger partial charge on any atom is -0.397 e. The smallest absolute Gasteiger partial charge is 0.397 e. The number of carbonyl (C=O) groups excluding carboxylic acids is 2. The Kier molecular flexibility index (Phi) is 6.42. The molecule has 0 fully saturated rings. The van der Waals surface area contributed by atoms with Crippen LogP contribution in [0.4, 0.5) is 18.0 Å². The van der Waals surface area contributed by atoms with Gasteiger partial charge in [-0.3, -0.25) is 4.79 Å². The van der Waals surface area contributed by atoms with Crippen molar-refractivity contribution in [3.05, 3.63) is 52.2 Å². The molecule has 7 nitrogen and oxygen atoms in total. The molecule has 11 heteroatoms. The van der Waals surface area contributed by atoms with Crippen LogP contribution in [0, 0.1) is 0 Å². The predicted octanol–water partition coefficient (Wildman–Crippen LogP) is 3.27. The van der Waals surface area contributed by atoms with Crippen molar-refractivity contribution in [2.75, 3.05) is 20.1 Å². The Bertz CT molecular complexity index is 988. The van der Waals surface area contributed by atoms with Gasteiger partial charge in [0, 0.05) is 19.6 Å². The Hall–Kier alpha value is -2.92. The van der Waals surface area contributed by atoms with Crippen molar-refractivity contribution in [1.82, 2.24) is 15.2 Å². The molecule has 0 aliphatic carbocycles. The third-order valence-corrected chi connectivity index (χ3v) is 5.46. The Labute approximate surface area is 174 Å². The summed E-state index contributed by atoms with van der Waals surface area (Å²) >= 11 is 0.991. The summed E-state index contributed by atoms with van der Waals surface area (Å²) in [6, 6.07) is 4.94. The number of rotatable bonds is 5. The van der Waals surface area contributed by atoms with Gasteiger partial charge in [0.25, 0.3) is 5.91 Å². The number of halogens is 3. The molecule has 3 N–H and O–H groups in total. The highest BCUT2D eigenvalue weighted by atomic mass is 32.1. The molecule has 3 rings (SSSR count). The van der Waals surface area contributed by atoms with Gasteiger partial charge in [0.05, 0.1) is 5.56 Å². The SMILES string of the molecule is CN1CC=C(c2nc(C(=O)NCc3ccccc3C(F)(F)F)c(OC(N)=O)s2)CC1. The minimum absolute atomic E-state index is 0.0933. The molecule has 30 heavy (non-hydrogen) atoms. The van der Waals surface area contributed by atoms with Crippen LogP contribution in [0.1, 0.15) is 33.0 Å². The van der Waals surface area contributed by atoms with Crippen LogP contribution in [0.2, 0.25) is 0 Å². The van der Waals surface area contributed by atoms with Crippen LogP contribution < -0.4 is 15.8 Å². The van der Waals surface area contributed by atoms with E-state index in [1.54, 1.807) is 0 Å². The van der Waals surface area contributed by atoms with E-state index in [0.717, 1.165) is 29.5 Å². The lowest BCUT2D eigenvalue weighted by Crippen LogP contribution is -2.26. The zero-order chi connectivity index (χ0) is 21.9. The molecule has 1 aromatic carbocycles. The first kappa shape index (κ1) is 21.8. The van der Waals surface area contributed by atoms with Gasteiger partial charge in [0.1, 0.15) is 5.01 Å². The fourth-order valence-electron chi connectivity index (χ4n) is 2.92. The molecule has 0 radical (unpaired) electrons. The molecule has 1 aliphatic heterocycles. The number of hydrogen-bond acceptors (Lipinski definition) is 6. The number of thiazole rings is 1. The number of amides is 2. The van der Waals surface area contributed by atoms with Gasteiger partial charge in [-0.2, -0.15) is 13.2 Å². The fourth-order valence-corrected chi connectivity index (χ4v) is 3.91. The van der Waals surface area contributed by atoms with E-state index in [9.17, 15) is 22.8 Å². The third kappa shape index (κ3) is 5.16. The standard InChI is InChI=1S/C19H19F3N4O3S/c1-26-8-6-11(7-9-26)16-25-14(17(30-16)29-18(23)28)15(27)24-10-12-4-2-3-5-13(12)19(20,21)22/h2-6H,7-10H2,1H3,(H2,23,28)(H,24,27). The lowest BCUT2D eigenvalue weighted by Gasteiger charge is -2.20. The Balaban J connectivity index is 1.82. The Morgan fingerprint density at radius 3 is 2.70 bits per heavy atom. The van der Waals surface area contributed by atoms with Gasteiger partial charge in [-0.25, -0.2) is 9.78 Å². The van der Waals surface area contributed by atoms with Crippen LogP contribution in [-0.4, -0.2) is 42.0 Å². The third-order valence-electron chi connectivity index (χ3n) is 4.45. The van der Waals surface area contributed by atoms with Gasteiger partial charge >= 0.3 is 12.3 Å². The Morgan fingerprint density at radius 1 is 1.33 bits per heavy atom. The summed E-state index contributed by atoms with van der Waals surface area (Å²) in [6.45, 7) is 1.13. The highest BCUT2D eigenvalue weighted by Crippen LogP contribution is 2.34. The molecular formula is C19H19F3N4O3S. The van der Waals surface area contributed by atoms with Crippen LogP contribution >= 0.6 is 11.3 Å². The second kappa shape index (κ2) is 8.84. The number of nitrogens with one attached hydrogen (secondary N) is 1. The van der Waals surface area contributed by atoms with Crippen molar-refractivity contribution in [3.8, 4) is 5.06 Å². The van der Waals surface area contributed by atoms with Crippen molar-refractivity contribution in [3.63, 3.8) is 0 Å². The van der Waals surface area contributed by atoms with E-state index in [1.807, 2.05) is 13.1 Å². The number of primary amides is 1. The lowest BCUT2D eigenvalue weighted by atomic mass is 10.1. The first-order valence-corrected chi connectivity index (χ1v) is 9.76. The van der Waals surface area contributed by atoms with Crippen LogP contribution in [-0.2, 0) is 12.7 Å². The minimum atomic E-state index is -4.55. The van der Waals surface area contributed by atoms with Gasteiger partial charge in [-0.05, 0) is 30.7 Å². The van der Waals surface area contributed by atoms with Gasteiger partial charge in [0.2, 0.25) is 5.06 Å². The molecule has 0 spiro atoms. The molecule has 2 heterocycles. The average molecular weight is 440 g/mol. The number of benzene rings is 1. The maximum atomic E-state index is 13.1. The molecule has 2 amide bonds. The molecular weight excluding hydrogens is 421 g/mol. The number of aromatic nitrogens is 1. The van der Waals surface area contributed by atoms with Gasteiger partial charge < -0.3 is 20.7 Å². The summed E-state index contributed by atoms with van der Waals surface area (Å²) in [6.07, 6.45) is -3.01. The number of nitrogens with two attached hydrogens (primary N) is 1. The van der Waals surface area contributed by atoms with Crippen molar-refractivity contribution in [2.45, 2.75) is 19.1 Å². The average Bonchev–Trinajstić information content (AvgIpc) is 3.09. The molecule has 0 bridgehead atoms. The van der Waals surface area contributed by atoms with E-state index in [2.05, 4.69) is 15.2 Å². The summed E-state index contributed by atoms with van der Waals surface area (Å²) in [7, 11) is 1.97. The molecule has 0 saturated carbocycles. The van der Waals surface area contributed by atoms with Crippen molar-refractivity contribution in [1.29, 1.82) is 0 Å². The summed E-state index contributed by atoms with van der Waals surface area (Å²) < 4.78 is 44.3. The van der Waals surface area contributed by atoms with E-state index in [-0.39, 0.29) is 22.9 Å². The maximum Gasteiger partial charge on any atom is 0.416 e. The monoisotopic (exact) mass is 440 g/mol. The van der Waals surface area contributed by atoms with Crippen LogP contribution in [0.15, 0.2) is 30.3 Å². The normalized spacial score (nSPS) is 14.9. The highest BCUT2D eigenvalue weighted by molar-refractivity contribution is 7.15. The Morgan fingerprint density at radius 2 is 2.07 bits per heavy atom. The highest BCUT2D eigenvalue weighted by Gasteiger charge is 2.33. The number of alkyl halides is 3. The molecule has 2 aromatic rings. The summed E-state index contributed by atoms with van der Waals surface area (Å²) in [5.41, 5.74) is 4.84. The van der Waals surface area contributed by atoms with Crippen molar-refractivity contribution < 1.29 is 27.5 Å². The molecule has 160 valence electrons. The number of hydrogen-bond donors (Lipinski definition) is 2. The first-order valence-electron chi connectivity index (χ1n) is 8.94. The quantitative estimate of drug-likeness (QED) is 0.744.